The Balaban J connectivity index is 5.54. The Morgan fingerprint density at radius 2 is 1.26 bits per heavy atom. The summed E-state index contributed by atoms with van der Waals surface area (Å²) in [5, 5.41) is 16.4. The standard InChI is InChI=1S/C20H37N7O7/c1-10(2)7-13(26-17(30)11(22)8-15(23)28)19(32)25-12(5-3-4-6-21)18(31)27-14(20(33)34)9-16(24)29/h10-14H,3-9,21-22H2,1-2H3,(H2,23,28)(H2,24,29)(H,25,32)(H,26,30)(H,27,31)(H,33,34). The van der Waals surface area contributed by atoms with Crippen LogP contribution in [0.25, 0.3) is 0 Å². The van der Waals surface area contributed by atoms with E-state index in [1.807, 2.05) is 13.8 Å². The van der Waals surface area contributed by atoms with E-state index in [0.29, 0.717) is 19.4 Å². The van der Waals surface area contributed by atoms with Crippen LogP contribution >= 0.6 is 0 Å². The maximum atomic E-state index is 13.0. The molecule has 0 aliphatic heterocycles. The molecule has 34 heavy (non-hydrogen) atoms. The van der Waals surface area contributed by atoms with Crippen molar-refractivity contribution in [3.05, 3.63) is 0 Å². The van der Waals surface area contributed by atoms with Crippen LogP contribution < -0.4 is 38.9 Å². The third-order valence-corrected chi connectivity index (χ3v) is 4.70. The molecule has 0 rings (SSSR count). The molecule has 4 atom stereocenters. The molecule has 0 aromatic rings. The van der Waals surface area contributed by atoms with Gasteiger partial charge in [-0.3, -0.25) is 24.0 Å². The molecular formula is C20H37N7O7. The topological polar surface area (TPSA) is 263 Å². The number of carboxylic acid groups (broad SMARTS) is 1. The molecule has 0 fully saturated rings. The van der Waals surface area contributed by atoms with Gasteiger partial charge < -0.3 is 44.0 Å². The number of aliphatic carboxylic acids is 1. The van der Waals surface area contributed by atoms with E-state index >= 15 is 0 Å². The van der Waals surface area contributed by atoms with Crippen LogP contribution in [0.2, 0.25) is 0 Å². The molecule has 0 saturated heterocycles. The van der Waals surface area contributed by atoms with Crippen molar-refractivity contribution in [2.75, 3.05) is 6.54 Å². The lowest BCUT2D eigenvalue weighted by atomic mass is 10.0. The molecule has 0 aromatic carbocycles. The number of hydrogen-bond acceptors (Lipinski definition) is 8. The predicted octanol–water partition coefficient (Wildman–Crippen LogP) is -3.22. The van der Waals surface area contributed by atoms with Crippen LogP contribution in [0.5, 0.6) is 0 Å². The van der Waals surface area contributed by atoms with E-state index in [-0.39, 0.29) is 18.8 Å². The monoisotopic (exact) mass is 487 g/mol. The van der Waals surface area contributed by atoms with E-state index in [1.165, 1.54) is 0 Å². The fourth-order valence-electron chi connectivity index (χ4n) is 3.00. The highest BCUT2D eigenvalue weighted by Gasteiger charge is 2.31. The fourth-order valence-corrected chi connectivity index (χ4v) is 3.00. The maximum absolute atomic E-state index is 13.0. The summed E-state index contributed by atoms with van der Waals surface area (Å²) in [5.41, 5.74) is 21.2. The van der Waals surface area contributed by atoms with Crippen LogP contribution in [0.15, 0.2) is 0 Å². The highest BCUT2D eigenvalue weighted by molar-refractivity contribution is 5.95. The second-order valence-corrected chi connectivity index (χ2v) is 8.38. The number of hydrogen-bond donors (Lipinski definition) is 8. The lowest BCUT2D eigenvalue weighted by Crippen LogP contribution is -2.57. The maximum Gasteiger partial charge on any atom is 0.326 e. The second-order valence-electron chi connectivity index (χ2n) is 8.38. The largest absolute Gasteiger partial charge is 0.480 e. The average molecular weight is 488 g/mol. The van der Waals surface area contributed by atoms with E-state index in [1.54, 1.807) is 0 Å². The minimum Gasteiger partial charge on any atom is -0.480 e. The van der Waals surface area contributed by atoms with Crippen LogP contribution in [0.3, 0.4) is 0 Å². The molecule has 0 aliphatic rings. The quantitative estimate of drug-likeness (QED) is 0.0957. The summed E-state index contributed by atoms with van der Waals surface area (Å²) in [5.74, 6) is -5.53. The first-order chi connectivity index (χ1) is 15.8. The number of rotatable bonds is 17. The molecule has 5 amide bonds. The number of carbonyl (C=O) groups is 6. The Bertz CT molecular complexity index is 745. The van der Waals surface area contributed by atoms with Gasteiger partial charge in [-0.1, -0.05) is 13.8 Å². The Morgan fingerprint density at radius 3 is 1.74 bits per heavy atom. The second kappa shape index (κ2) is 15.6. The van der Waals surface area contributed by atoms with Gasteiger partial charge in [0, 0.05) is 0 Å². The molecule has 12 N–H and O–H groups in total. The van der Waals surface area contributed by atoms with E-state index in [0.717, 1.165) is 0 Å². The molecule has 0 heterocycles. The van der Waals surface area contributed by atoms with Crippen LogP contribution in [-0.4, -0.2) is 71.3 Å². The van der Waals surface area contributed by atoms with Crippen LogP contribution in [0, 0.1) is 5.92 Å². The van der Waals surface area contributed by atoms with Gasteiger partial charge in [0.05, 0.1) is 18.9 Å². The van der Waals surface area contributed by atoms with E-state index < -0.39 is 72.5 Å². The Labute approximate surface area is 197 Å². The highest BCUT2D eigenvalue weighted by Crippen LogP contribution is 2.08. The zero-order valence-electron chi connectivity index (χ0n) is 19.5. The van der Waals surface area contributed by atoms with Crippen molar-refractivity contribution in [3.8, 4) is 0 Å². The van der Waals surface area contributed by atoms with Gasteiger partial charge in [0.25, 0.3) is 0 Å². The minimum absolute atomic E-state index is 0.0418. The van der Waals surface area contributed by atoms with Gasteiger partial charge in [0.2, 0.25) is 29.5 Å². The third kappa shape index (κ3) is 12.7. The fraction of sp³-hybridized carbons (Fsp3) is 0.700. The SMILES string of the molecule is CC(C)CC(NC(=O)C(N)CC(N)=O)C(=O)NC(CCCCN)C(=O)NC(CC(N)=O)C(=O)O. The molecule has 14 heteroatoms. The van der Waals surface area contributed by atoms with Crippen molar-refractivity contribution < 1.29 is 33.9 Å². The van der Waals surface area contributed by atoms with Gasteiger partial charge in [0.15, 0.2) is 0 Å². The molecule has 0 aromatic heterocycles. The van der Waals surface area contributed by atoms with Crippen molar-refractivity contribution in [2.24, 2.45) is 28.9 Å². The normalized spacial score (nSPS) is 14.4. The van der Waals surface area contributed by atoms with Crippen molar-refractivity contribution >= 4 is 35.5 Å². The number of nitrogens with one attached hydrogen (secondary N) is 3. The summed E-state index contributed by atoms with van der Waals surface area (Å²) in [4.78, 5) is 71.5. The first kappa shape index (κ1) is 30.7. The number of amides is 5. The zero-order chi connectivity index (χ0) is 26.4. The molecule has 0 bridgehead atoms. The van der Waals surface area contributed by atoms with Gasteiger partial charge in [-0.25, -0.2) is 4.79 Å². The molecule has 14 nitrogen and oxygen atoms in total. The minimum atomic E-state index is -1.57. The van der Waals surface area contributed by atoms with Crippen LogP contribution in [-0.2, 0) is 28.8 Å². The van der Waals surface area contributed by atoms with Crippen molar-refractivity contribution in [1.29, 1.82) is 0 Å². The van der Waals surface area contributed by atoms with E-state index in [9.17, 15) is 33.9 Å². The zero-order valence-corrected chi connectivity index (χ0v) is 19.5. The Morgan fingerprint density at radius 1 is 0.765 bits per heavy atom. The van der Waals surface area contributed by atoms with Crippen molar-refractivity contribution in [3.63, 3.8) is 0 Å². The van der Waals surface area contributed by atoms with Crippen LogP contribution in [0.4, 0.5) is 0 Å². The van der Waals surface area contributed by atoms with Crippen LogP contribution in [0.1, 0.15) is 52.4 Å². The highest BCUT2D eigenvalue weighted by atomic mass is 16.4. The Kier molecular flexibility index (Phi) is 14.1. The first-order valence-corrected chi connectivity index (χ1v) is 10.9. The van der Waals surface area contributed by atoms with Gasteiger partial charge in [-0.05, 0) is 38.1 Å². The summed E-state index contributed by atoms with van der Waals surface area (Å²) in [6.45, 7) is 3.95. The summed E-state index contributed by atoms with van der Waals surface area (Å²) in [7, 11) is 0. The number of primary amides is 2. The smallest absolute Gasteiger partial charge is 0.326 e. The number of nitrogens with two attached hydrogens (primary N) is 4. The van der Waals surface area contributed by atoms with Gasteiger partial charge in [-0.2, -0.15) is 0 Å². The van der Waals surface area contributed by atoms with Crippen molar-refractivity contribution in [1.82, 2.24) is 16.0 Å². The van der Waals surface area contributed by atoms with Gasteiger partial charge >= 0.3 is 5.97 Å². The summed E-state index contributed by atoms with van der Waals surface area (Å²) < 4.78 is 0. The summed E-state index contributed by atoms with van der Waals surface area (Å²) >= 11 is 0. The number of carboxylic acids is 1. The molecule has 194 valence electrons. The third-order valence-electron chi connectivity index (χ3n) is 4.70. The predicted molar refractivity (Wildman–Crippen MR) is 121 cm³/mol. The average Bonchev–Trinajstić information content (AvgIpc) is 2.70. The van der Waals surface area contributed by atoms with Crippen molar-refractivity contribution in [2.45, 2.75) is 76.5 Å². The molecule has 0 spiro atoms. The van der Waals surface area contributed by atoms with E-state index in [4.69, 9.17) is 22.9 Å². The van der Waals surface area contributed by atoms with E-state index in [2.05, 4.69) is 16.0 Å². The lowest BCUT2D eigenvalue weighted by Gasteiger charge is -2.26. The molecule has 0 saturated carbocycles. The first-order valence-electron chi connectivity index (χ1n) is 10.9. The summed E-state index contributed by atoms with van der Waals surface area (Å²) in [6, 6.07) is -5.08. The van der Waals surface area contributed by atoms with Gasteiger partial charge in [0.1, 0.15) is 18.1 Å². The number of carbonyl (C=O) groups excluding carboxylic acids is 5. The molecule has 0 aliphatic carbocycles. The Hall–Kier alpha value is -3.26. The molecular weight excluding hydrogens is 450 g/mol. The van der Waals surface area contributed by atoms with Gasteiger partial charge in [-0.15, -0.1) is 0 Å². The molecule has 4 unspecified atom stereocenters. The molecule has 0 radical (unpaired) electrons. The number of unbranched alkanes of at least 4 members (excludes halogenated alkanes) is 1. The lowest BCUT2D eigenvalue weighted by molar-refractivity contribution is -0.143. The summed E-state index contributed by atoms with van der Waals surface area (Å²) in [6.07, 6.45) is 0.250.